The second-order valence-corrected chi connectivity index (χ2v) is 6.54. The number of hydrogen-bond donors (Lipinski definition) is 3. The molecule has 1 fully saturated rings. The highest BCUT2D eigenvalue weighted by molar-refractivity contribution is 7.89. The highest BCUT2D eigenvalue weighted by Crippen LogP contribution is 2.32. The molecule has 0 saturated heterocycles. The number of aliphatic hydroxyl groups excluding tert-OH is 1. The van der Waals surface area contributed by atoms with Gasteiger partial charge in [-0.25, -0.2) is 18.1 Å². The molecule has 1 aliphatic rings. The van der Waals surface area contributed by atoms with Gasteiger partial charge in [0.2, 0.25) is 10.0 Å². The fraction of sp³-hybridized carbons (Fsp3) is 0.417. The molecule has 0 aromatic carbocycles. The summed E-state index contributed by atoms with van der Waals surface area (Å²) in [5.74, 6) is 0.243. The molecule has 0 bridgehead atoms. The Morgan fingerprint density at radius 3 is 3.05 bits per heavy atom. The molecule has 2 heterocycles. The SMILES string of the molecule is O=S(=O)(NCC(O)C1CC1)c1c[nH]c2ncccc12. The van der Waals surface area contributed by atoms with Crippen molar-refractivity contribution < 1.29 is 13.5 Å². The van der Waals surface area contributed by atoms with Crippen molar-refractivity contribution in [1.82, 2.24) is 14.7 Å². The van der Waals surface area contributed by atoms with Crippen molar-refractivity contribution in [3.05, 3.63) is 24.5 Å². The van der Waals surface area contributed by atoms with E-state index in [2.05, 4.69) is 14.7 Å². The summed E-state index contributed by atoms with van der Waals surface area (Å²) >= 11 is 0. The van der Waals surface area contributed by atoms with E-state index >= 15 is 0 Å². The molecule has 1 saturated carbocycles. The van der Waals surface area contributed by atoms with Crippen molar-refractivity contribution in [2.75, 3.05) is 6.54 Å². The summed E-state index contributed by atoms with van der Waals surface area (Å²) in [6, 6.07) is 3.39. The Morgan fingerprint density at radius 1 is 1.53 bits per heavy atom. The zero-order valence-corrected chi connectivity index (χ0v) is 11.0. The highest BCUT2D eigenvalue weighted by Gasteiger charge is 2.31. The molecule has 1 unspecified atom stereocenters. The van der Waals surface area contributed by atoms with E-state index in [-0.39, 0.29) is 17.4 Å². The molecule has 2 aromatic rings. The first-order valence-electron chi connectivity index (χ1n) is 6.18. The molecule has 102 valence electrons. The highest BCUT2D eigenvalue weighted by atomic mass is 32.2. The number of aliphatic hydroxyl groups is 1. The van der Waals surface area contributed by atoms with Gasteiger partial charge in [-0.2, -0.15) is 0 Å². The van der Waals surface area contributed by atoms with Crippen molar-refractivity contribution in [3.63, 3.8) is 0 Å². The Bertz CT molecular complexity index is 691. The van der Waals surface area contributed by atoms with Crippen LogP contribution in [0.4, 0.5) is 0 Å². The average molecular weight is 281 g/mol. The molecular weight excluding hydrogens is 266 g/mol. The van der Waals surface area contributed by atoms with Crippen molar-refractivity contribution >= 4 is 21.1 Å². The van der Waals surface area contributed by atoms with Gasteiger partial charge in [0.1, 0.15) is 10.5 Å². The second-order valence-electron chi connectivity index (χ2n) is 4.81. The van der Waals surface area contributed by atoms with Crippen LogP contribution in [0.15, 0.2) is 29.4 Å². The van der Waals surface area contributed by atoms with Gasteiger partial charge in [0, 0.05) is 24.3 Å². The minimum atomic E-state index is -3.63. The summed E-state index contributed by atoms with van der Waals surface area (Å²) < 4.78 is 26.8. The summed E-state index contributed by atoms with van der Waals surface area (Å²) in [5.41, 5.74) is 0.533. The number of aromatic nitrogens is 2. The van der Waals surface area contributed by atoms with Gasteiger partial charge in [-0.1, -0.05) is 0 Å². The largest absolute Gasteiger partial charge is 0.391 e. The molecule has 3 rings (SSSR count). The Morgan fingerprint density at radius 2 is 2.32 bits per heavy atom. The third-order valence-electron chi connectivity index (χ3n) is 3.35. The average Bonchev–Trinajstić information content (AvgIpc) is 3.15. The van der Waals surface area contributed by atoms with Crippen molar-refractivity contribution in [2.24, 2.45) is 5.92 Å². The number of aromatic amines is 1. The van der Waals surface area contributed by atoms with Crippen LogP contribution < -0.4 is 4.72 Å². The van der Waals surface area contributed by atoms with Gasteiger partial charge in [0.15, 0.2) is 0 Å². The first-order chi connectivity index (χ1) is 9.08. The van der Waals surface area contributed by atoms with E-state index in [0.717, 1.165) is 12.8 Å². The normalized spacial score (nSPS) is 17.7. The lowest BCUT2D eigenvalue weighted by molar-refractivity contribution is 0.155. The smallest absolute Gasteiger partial charge is 0.242 e. The van der Waals surface area contributed by atoms with Crippen LogP contribution >= 0.6 is 0 Å². The molecule has 6 nitrogen and oxygen atoms in total. The fourth-order valence-corrected chi connectivity index (χ4v) is 3.29. The maximum absolute atomic E-state index is 12.2. The van der Waals surface area contributed by atoms with E-state index < -0.39 is 16.1 Å². The minimum absolute atomic E-state index is 0.0555. The van der Waals surface area contributed by atoms with E-state index in [1.54, 1.807) is 18.3 Å². The van der Waals surface area contributed by atoms with Gasteiger partial charge in [-0.3, -0.25) is 0 Å². The fourth-order valence-electron chi connectivity index (χ4n) is 2.07. The van der Waals surface area contributed by atoms with Crippen LogP contribution in [-0.2, 0) is 10.0 Å². The summed E-state index contributed by atoms with van der Waals surface area (Å²) in [6.45, 7) is 0.0555. The summed E-state index contributed by atoms with van der Waals surface area (Å²) in [6.07, 6.45) is 4.36. The van der Waals surface area contributed by atoms with Gasteiger partial charge in [0.25, 0.3) is 0 Å². The zero-order valence-electron chi connectivity index (χ0n) is 10.2. The zero-order chi connectivity index (χ0) is 13.5. The lowest BCUT2D eigenvalue weighted by atomic mass is 10.2. The molecular formula is C12H15N3O3S. The van der Waals surface area contributed by atoms with Crippen LogP contribution in [0.1, 0.15) is 12.8 Å². The van der Waals surface area contributed by atoms with Crippen molar-refractivity contribution in [1.29, 1.82) is 0 Å². The number of H-pyrrole nitrogens is 1. The third kappa shape index (κ3) is 2.49. The van der Waals surface area contributed by atoms with Crippen molar-refractivity contribution in [3.8, 4) is 0 Å². The van der Waals surface area contributed by atoms with E-state index in [1.807, 2.05) is 0 Å². The van der Waals surface area contributed by atoms with Crippen LogP contribution in [0.25, 0.3) is 11.0 Å². The van der Waals surface area contributed by atoms with Gasteiger partial charge in [0.05, 0.1) is 6.10 Å². The Labute approximate surface area is 110 Å². The standard InChI is InChI=1S/C12H15N3O3S/c16-10(8-3-4-8)6-15-19(17,18)11-7-14-12-9(11)2-1-5-13-12/h1-2,5,7-8,10,15-16H,3-4,6H2,(H,13,14). The number of fused-ring (bicyclic) bond motifs is 1. The first-order valence-corrected chi connectivity index (χ1v) is 7.66. The topological polar surface area (TPSA) is 95.1 Å². The molecule has 7 heteroatoms. The van der Waals surface area contributed by atoms with E-state index in [4.69, 9.17) is 0 Å². The minimum Gasteiger partial charge on any atom is -0.391 e. The molecule has 0 aliphatic heterocycles. The van der Waals surface area contributed by atoms with Crippen molar-refractivity contribution in [2.45, 2.75) is 23.8 Å². The first kappa shape index (κ1) is 12.6. The number of rotatable bonds is 5. The monoisotopic (exact) mass is 281 g/mol. The lowest BCUT2D eigenvalue weighted by Gasteiger charge is -2.10. The molecule has 1 atom stereocenters. The maximum Gasteiger partial charge on any atom is 0.242 e. The summed E-state index contributed by atoms with van der Waals surface area (Å²) in [4.78, 5) is 7.04. The predicted molar refractivity (Wildman–Crippen MR) is 70.0 cm³/mol. The van der Waals surface area contributed by atoms with E-state index in [0.29, 0.717) is 11.0 Å². The number of nitrogens with zero attached hydrogens (tertiary/aromatic N) is 1. The van der Waals surface area contributed by atoms with Gasteiger partial charge in [-0.15, -0.1) is 0 Å². The maximum atomic E-state index is 12.2. The van der Waals surface area contributed by atoms with E-state index in [9.17, 15) is 13.5 Å². The molecule has 0 radical (unpaired) electrons. The number of nitrogens with one attached hydrogen (secondary N) is 2. The second kappa shape index (κ2) is 4.59. The molecule has 0 amide bonds. The number of pyridine rings is 1. The Balaban J connectivity index is 1.83. The molecule has 2 aromatic heterocycles. The Hall–Kier alpha value is -1.44. The molecule has 0 spiro atoms. The van der Waals surface area contributed by atoms with Gasteiger partial charge < -0.3 is 10.1 Å². The third-order valence-corrected chi connectivity index (χ3v) is 4.81. The number of hydrogen-bond acceptors (Lipinski definition) is 4. The Kier molecular flexibility index (Phi) is 3.04. The molecule has 1 aliphatic carbocycles. The number of sulfonamides is 1. The van der Waals surface area contributed by atoms with Crippen LogP contribution in [0.5, 0.6) is 0 Å². The van der Waals surface area contributed by atoms with E-state index in [1.165, 1.54) is 6.20 Å². The van der Waals surface area contributed by atoms with Crippen LogP contribution in [0.3, 0.4) is 0 Å². The lowest BCUT2D eigenvalue weighted by Crippen LogP contribution is -2.33. The quantitative estimate of drug-likeness (QED) is 0.748. The summed E-state index contributed by atoms with van der Waals surface area (Å²) in [5, 5.41) is 10.3. The summed E-state index contributed by atoms with van der Waals surface area (Å²) in [7, 11) is -3.63. The van der Waals surface area contributed by atoms with Crippen LogP contribution in [-0.4, -0.2) is 36.1 Å². The predicted octanol–water partition coefficient (Wildman–Crippen LogP) is 0.612. The molecule has 3 N–H and O–H groups in total. The molecule has 19 heavy (non-hydrogen) atoms. The van der Waals surface area contributed by atoms with Crippen LogP contribution in [0.2, 0.25) is 0 Å². The van der Waals surface area contributed by atoms with Crippen LogP contribution in [0, 0.1) is 5.92 Å². The van der Waals surface area contributed by atoms with Gasteiger partial charge in [-0.05, 0) is 30.9 Å². The van der Waals surface area contributed by atoms with Gasteiger partial charge >= 0.3 is 0 Å².